The lowest BCUT2D eigenvalue weighted by molar-refractivity contribution is 0.192. The van der Waals surface area contributed by atoms with E-state index in [2.05, 4.69) is 22.5 Å². The van der Waals surface area contributed by atoms with Crippen molar-refractivity contribution in [1.82, 2.24) is 10.6 Å². The summed E-state index contributed by atoms with van der Waals surface area (Å²) in [7, 11) is 3.57. The Morgan fingerprint density at radius 3 is 2.11 bits per heavy atom. The maximum absolute atomic E-state index is 5.01. The summed E-state index contributed by atoms with van der Waals surface area (Å²) in [5.41, 5.74) is 0. The first-order valence-electron chi connectivity index (χ1n) is 6.78. The van der Waals surface area contributed by atoms with E-state index in [4.69, 9.17) is 4.74 Å². The van der Waals surface area contributed by atoms with Crippen molar-refractivity contribution in [2.45, 2.75) is 45.4 Å². The number of ether oxygens (including phenoxy) is 1. The second-order valence-electron chi connectivity index (χ2n) is 4.19. The van der Waals surface area contributed by atoms with Crippen molar-refractivity contribution in [3.05, 3.63) is 0 Å². The fraction of sp³-hybridized carbons (Fsp3) is 0.923. The number of hydrogen-bond donors (Lipinski definition) is 2. The van der Waals surface area contributed by atoms with E-state index in [-0.39, 0.29) is 24.0 Å². The number of halogens is 1. The summed E-state index contributed by atoms with van der Waals surface area (Å²) in [6, 6.07) is 0. The van der Waals surface area contributed by atoms with E-state index in [0.717, 1.165) is 32.1 Å². The minimum absolute atomic E-state index is 0. The molecule has 0 aromatic rings. The van der Waals surface area contributed by atoms with Gasteiger partial charge in [0, 0.05) is 33.9 Å². The molecule has 0 aromatic carbocycles. The molecule has 0 amide bonds. The zero-order chi connectivity index (χ0) is 12.8. The van der Waals surface area contributed by atoms with Crippen LogP contribution < -0.4 is 10.6 Å². The fourth-order valence-corrected chi connectivity index (χ4v) is 1.56. The van der Waals surface area contributed by atoms with Crippen molar-refractivity contribution < 1.29 is 4.74 Å². The van der Waals surface area contributed by atoms with E-state index in [1.807, 2.05) is 7.05 Å². The van der Waals surface area contributed by atoms with Crippen LogP contribution in [0.5, 0.6) is 0 Å². The molecule has 0 aliphatic rings. The minimum Gasteiger partial charge on any atom is -0.385 e. The van der Waals surface area contributed by atoms with Crippen LogP contribution in [0.2, 0.25) is 0 Å². The standard InChI is InChI=1S/C13H29N3O.HI/c1-4-5-7-10-15-13(14-2)16-11-8-6-9-12-17-3;/h4-12H2,1-3H3,(H2,14,15,16);1H. The second kappa shape index (κ2) is 17.0. The first kappa shape index (κ1) is 20.3. The summed E-state index contributed by atoms with van der Waals surface area (Å²) in [6.45, 7) is 5.07. The second-order valence-corrected chi connectivity index (χ2v) is 4.19. The lowest BCUT2D eigenvalue weighted by Crippen LogP contribution is -2.38. The zero-order valence-electron chi connectivity index (χ0n) is 12.1. The first-order chi connectivity index (χ1) is 8.35. The van der Waals surface area contributed by atoms with Crippen molar-refractivity contribution in [3.8, 4) is 0 Å². The first-order valence-corrected chi connectivity index (χ1v) is 6.78. The molecule has 0 aliphatic heterocycles. The lowest BCUT2D eigenvalue weighted by Gasteiger charge is -2.11. The quantitative estimate of drug-likeness (QED) is 0.269. The van der Waals surface area contributed by atoms with Gasteiger partial charge >= 0.3 is 0 Å². The molecule has 0 unspecified atom stereocenters. The molecular formula is C13H30IN3O. The Labute approximate surface area is 129 Å². The molecule has 5 heteroatoms. The molecule has 0 rings (SSSR count). The fourth-order valence-electron chi connectivity index (χ4n) is 1.56. The van der Waals surface area contributed by atoms with Gasteiger partial charge in [0.15, 0.2) is 5.96 Å². The normalized spacial score (nSPS) is 10.9. The van der Waals surface area contributed by atoms with E-state index in [1.54, 1.807) is 7.11 Å². The number of methoxy groups -OCH3 is 1. The number of guanidine groups is 1. The summed E-state index contributed by atoms with van der Waals surface area (Å²) in [4.78, 5) is 4.19. The largest absolute Gasteiger partial charge is 0.385 e. The maximum Gasteiger partial charge on any atom is 0.190 e. The lowest BCUT2D eigenvalue weighted by atomic mass is 10.2. The Balaban J connectivity index is 0. The van der Waals surface area contributed by atoms with Crippen molar-refractivity contribution in [2.75, 3.05) is 33.9 Å². The third kappa shape index (κ3) is 14.0. The van der Waals surface area contributed by atoms with Crippen LogP contribution in [0.3, 0.4) is 0 Å². The predicted molar refractivity (Wildman–Crippen MR) is 90.0 cm³/mol. The van der Waals surface area contributed by atoms with Crippen LogP contribution in [0.15, 0.2) is 4.99 Å². The van der Waals surface area contributed by atoms with Crippen molar-refractivity contribution in [1.29, 1.82) is 0 Å². The Kier molecular flexibility index (Phi) is 19.1. The van der Waals surface area contributed by atoms with Crippen molar-refractivity contribution in [3.63, 3.8) is 0 Å². The zero-order valence-corrected chi connectivity index (χ0v) is 14.5. The summed E-state index contributed by atoms with van der Waals surface area (Å²) in [5.74, 6) is 0.924. The molecule has 18 heavy (non-hydrogen) atoms. The van der Waals surface area contributed by atoms with Gasteiger partial charge in [-0.05, 0) is 25.7 Å². The Morgan fingerprint density at radius 2 is 1.61 bits per heavy atom. The summed E-state index contributed by atoms with van der Waals surface area (Å²) >= 11 is 0. The van der Waals surface area contributed by atoms with Gasteiger partial charge in [-0.2, -0.15) is 0 Å². The molecule has 0 heterocycles. The maximum atomic E-state index is 5.01. The number of aliphatic imine (C=N–C) groups is 1. The molecule has 0 fully saturated rings. The van der Waals surface area contributed by atoms with Gasteiger partial charge in [-0.15, -0.1) is 24.0 Å². The van der Waals surface area contributed by atoms with E-state index in [0.29, 0.717) is 0 Å². The van der Waals surface area contributed by atoms with Gasteiger partial charge in [-0.3, -0.25) is 4.99 Å². The van der Waals surface area contributed by atoms with Crippen LogP contribution in [0.4, 0.5) is 0 Å². The molecular weight excluding hydrogens is 341 g/mol. The third-order valence-electron chi connectivity index (χ3n) is 2.61. The summed E-state index contributed by atoms with van der Waals surface area (Å²) in [6.07, 6.45) is 7.26. The number of hydrogen-bond acceptors (Lipinski definition) is 2. The van der Waals surface area contributed by atoms with E-state index in [9.17, 15) is 0 Å². The summed E-state index contributed by atoms with van der Waals surface area (Å²) < 4.78 is 5.01. The highest BCUT2D eigenvalue weighted by Gasteiger charge is 1.96. The molecule has 2 N–H and O–H groups in total. The summed E-state index contributed by atoms with van der Waals surface area (Å²) in [5, 5.41) is 6.64. The van der Waals surface area contributed by atoms with Gasteiger partial charge in [-0.1, -0.05) is 19.8 Å². The van der Waals surface area contributed by atoms with Gasteiger partial charge in [0.05, 0.1) is 0 Å². The average Bonchev–Trinajstić information content (AvgIpc) is 2.36. The van der Waals surface area contributed by atoms with Crippen LogP contribution >= 0.6 is 24.0 Å². The molecule has 0 aromatic heterocycles. The van der Waals surface area contributed by atoms with Crippen LogP contribution in [0.1, 0.15) is 45.4 Å². The predicted octanol–water partition coefficient (Wildman–Crippen LogP) is 2.78. The SMILES string of the molecule is CCCCCNC(=NC)NCCCCCOC.I. The highest BCUT2D eigenvalue weighted by molar-refractivity contribution is 14.0. The Hall–Kier alpha value is -0.0400. The molecule has 0 bridgehead atoms. The van der Waals surface area contributed by atoms with E-state index >= 15 is 0 Å². The Morgan fingerprint density at radius 1 is 1.00 bits per heavy atom. The number of rotatable bonds is 10. The topological polar surface area (TPSA) is 45.7 Å². The van der Waals surface area contributed by atoms with Crippen LogP contribution in [-0.4, -0.2) is 39.8 Å². The molecule has 0 aliphatic carbocycles. The average molecular weight is 371 g/mol. The number of nitrogens with zero attached hydrogens (tertiary/aromatic N) is 1. The smallest absolute Gasteiger partial charge is 0.190 e. The molecule has 0 atom stereocenters. The van der Waals surface area contributed by atoms with Gasteiger partial charge in [0.25, 0.3) is 0 Å². The van der Waals surface area contributed by atoms with Crippen molar-refractivity contribution in [2.24, 2.45) is 4.99 Å². The molecule has 0 saturated heterocycles. The monoisotopic (exact) mass is 371 g/mol. The van der Waals surface area contributed by atoms with Crippen LogP contribution in [-0.2, 0) is 4.74 Å². The van der Waals surface area contributed by atoms with Gasteiger partial charge in [0.2, 0.25) is 0 Å². The third-order valence-corrected chi connectivity index (χ3v) is 2.61. The number of nitrogens with one attached hydrogen (secondary N) is 2. The van der Waals surface area contributed by atoms with E-state index < -0.39 is 0 Å². The molecule has 0 radical (unpaired) electrons. The van der Waals surface area contributed by atoms with E-state index in [1.165, 1.54) is 32.1 Å². The van der Waals surface area contributed by atoms with Crippen LogP contribution in [0, 0.1) is 0 Å². The van der Waals surface area contributed by atoms with Crippen molar-refractivity contribution >= 4 is 29.9 Å². The Bertz CT molecular complexity index is 189. The minimum atomic E-state index is 0. The van der Waals surface area contributed by atoms with Gasteiger partial charge in [0.1, 0.15) is 0 Å². The number of unbranched alkanes of at least 4 members (excludes halogenated alkanes) is 4. The molecule has 0 spiro atoms. The molecule has 110 valence electrons. The molecule has 4 nitrogen and oxygen atoms in total. The van der Waals surface area contributed by atoms with Gasteiger partial charge < -0.3 is 15.4 Å². The molecule has 0 saturated carbocycles. The van der Waals surface area contributed by atoms with Gasteiger partial charge in [-0.25, -0.2) is 0 Å². The highest BCUT2D eigenvalue weighted by atomic mass is 127. The highest BCUT2D eigenvalue weighted by Crippen LogP contribution is 1.94. The van der Waals surface area contributed by atoms with Crippen LogP contribution in [0.25, 0.3) is 0 Å².